The van der Waals surface area contributed by atoms with Crippen molar-refractivity contribution in [2.24, 2.45) is 0 Å². The molecular formula is C20H18N4O4. The number of hydrogen-bond acceptors (Lipinski definition) is 6. The van der Waals surface area contributed by atoms with Crippen LogP contribution in [0, 0.1) is 0 Å². The molecule has 2 aromatic carbocycles. The maximum atomic E-state index is 12.2. The average Bonchev–Trinajstić information content (AvgIpc) is 2.69. The largest absolute Gasteiger partial charge is 0.497 e. The number of methoxy groups -OCH3 is 1. The Morgan fingerprint density at radius 1 is 1.14 bits per heavy atom. The van der Waals surface area contributed by atoms with Gasteiger partial charge in [-0.3, -0.25) is 9.59 Å². The van der Waals surface area contributed by atoms with Crippen LogP contribution in [-0.4, -0.2) is 33.6 Å². The lowest BCUT2D eigenvalue weighted by atomic mass is 10.1. The van der Waals surface area contributed by atoms with E-state index < -0.39 is 11.6 Å². The maximum absolute atomic E-state index is 12.2. The number of aromatic nitrogens is 3. The summed E-state index contributed by atoms with van der Waals surface area (Å²) in [7, 11) is 1.55. The Hall–Kier alpha value is -3.81. The number of benzene rings is 2. The zero-order valence-electron chi connectivity index (χ0n) is 15.4. The van der Waals surface area contributed by atoms with Crippen molar-refractivity contribution in [2.75, 3.05) is 12.4 Å². The summed E-state index contributed by atoms with van der Waals surface area (Å²) in [6.45, 7) is 1.15. The SMILES string of the molecule is COc1cccc(-c2cnn(CC(=O)Nc3cccc(C(C)=O)c3)c(=O)n2)c1. The minimum Gasteiger partial charge on any atom is -0.497 e. The summed E-state index contributed by atoms with van der Waals surface area (Å²) in [5.41, 5.74) is 1.37. The van der Waals surface area contributed by atoms with Gasteiger partial charge in [-0.05, 0) is 31.2 Å². The lowest BCUT2D eigenvalue weighted by Gasteiger charge is -2.08. The van der Waals surface area contributed by atoms with Crippen LogP contribution in [0.2, 0.25) is 0 Å². The number of hydrogen-bond donors (Lipinski definition) is 1. The van der Waals surface area contributed by atoms with E-state index in [2.05, 4.69) is 15.4 Å². The predicted molar refractivity (Wildman–Crippen MR) is 103 cm³/mol. The molecule has 0 saturated heterocycles. The van der Waals surface area contributed by atoms with Gasteiger partial charge in [-0.2, -0.15) is 10.1 Å². The van der Waals surface area contributed by atoms with E-state index in [1.165, 1.54) is 13.1 Å². The van der Waals surface area contributed by atoms with Crippen LogP contribution < -0.4 is 15.7 Å². The fourth-order valence-electron chi connectivity index (χ4n) is 2.55. The first-order valence-corrected chi connectivity index (χ1v) is 8.45. The Bertz CT molecular complexity index is 1090. The quantitative estimate of drug-likeness (QED) is 0.659. The van der Waals surface area contributed by atoms with Crippen molar-refractivity contribution < 1.29 is 14.3 Å². The molecule has 0 atom stereocenters. The van der Waals surface area contributed by atoms with Crippen LogP contribution in [0.1, 0.15) is 17.3 Å². The predicted octanol–water partition coefficient (Wildman–Crippen LogP) is 2.16. The molecule has 1 N–H and O–H groups in total. The maximum Gasteiger partial charge on any atom is 0.365 e. The molecule has 0 fully saturated rings. The summed E-state index contributed by atoms with van der Waals surface area (Å²) >= 11 is 0. The molecule has 28 heavy (non-hydrogen) atoms. The molecular weight excluding hydrogens is 360 g/mol. The van der Waals surface area contributed by atoms with Gasteiger partial charge in [0.15, 0.2) is 5.78 Å². The Labute approximate surface area is 160 Å². The highest BCUT2D eigenvalue weighted by Gasteiger charge is 2.10. The number of Topliss-reactive ketones (excluding diaryl/α,β-unsaturated/α-hetero) is 1. The topological polar surface area (TPSA) is 103 Å². The summed E-state index contributed by atoms with van der Waals surface area (Å²) in [6.07, 6.45) is 1.42. The van der Waals surface area contributed by atoms with Crippen molar-refractivity contribution in [3.05, 3.63) is 70.8 Å². The molecule has 142 valence electrons. The fraction of sp³-hybridized carbons (Fsp3) is 0.150. The third-order valence-electron chi connectivity index (χ3n) is 3.97. The second-order valence-electron chi connectivity index (χ2n) is 6.00. The number of carbonyl (C=O) groups excluding carboxylic acids is 2. The van der Waals surface area contributed by atoms with Crippen molar-refractivity contribution >= 4 is 17.4 Å². The van der Waals surface area contributed by atoms with E-state index >= 15 is 0 Å². The number of carbonyl (C=O) groups is 2. The normalized spacial score (nSPS) is 10.4. The van der Waals surface area contributed by atoms with Crippen LogP contribution in [0.4, 0.5) is 5.69 Å². The Balaban J connectivity index is 1.74. The lowest BCUT2D eigenvalue weighted by Crippen LogP contribution is -2.31. The van der Waals surface area contributed by atoms with Gasteiger partial charge in [0.05, 0.1) is 19.0 Å². The van der Waals surface area contributed by atoms with Gasteiger partial charge in [0.2, 0.25) is 5.91 Å². The molecule has 3 aromatic rings. The van der Waals surface area contributed by atoms with Crippen molar-refractivity contribution in [1.29, 1.82) is 0 Å². The number of rotatable bonds is 6. The first kappa shape index (κ1) is 19.0. The highest BCUT2D eigenvalue weighted by molar-refractivity contribution is 5.97. The molecule has 0 spiro atoms. The summed E-state index contributed by atoms with van der Waals surface area (Å²) < 4.78 is 6.12. The molecule has 8 heteroatoms. The molecule has 3 rings (SSSR count). The molecule has 0 unspecified atom stereocenters. The molecule has 0 bridgehead atoms. The third-order valence-corrected chi connectivity index (χ3v) is 3.97. The minimum atomic E-state index is -0.645. The molecule has 1 amide bonds. The van der Waals surface area contributed by atoms with Gasteiger partial charge >= 0.3 is 5.69 Å². The van der Waals surface area contributed by atoms with Crippen molar-refractivity contribution in [2.45, 2.75) is 13.5 Å². The van der Waals surface area contributed by atoms with E-state index in [0.29, 0.717) is 28.3 Å². The van der Waals surface area contributed by atoms with Crippen LogP contribution in [0.15, 0.2) is 59.5 Å². The fourth-order valence-corrected chi connectivity index (χ4v) is 2.55. The monoisotopic (exact) mass is 378 g/mol. The summed E-state index contributed by atoms with van der Waals surface area (Å²) in [4.78, 5) is 39.9. The zero-order valence-corrected chi connectivity index (χ0v) is 15.4. The molecule has 0 radical (unpaired) electrons. The third kappa shape index (κ3) is 4.47. The summed E-state index contributed by atoms with van der Waals surface area (Å²) in [6, 6.07) is 13.6. The van der Waals surface area contributed by atoms with E-state index in [9.17, 15) is 14.4 Å². The van der Waals surface area contributed by atoms with E-state index in [-0.39, 0.29) is 12.3 Å². The number of ether oxygens (including phenoxy) is 1. The number of anilines is 1. The number of nitrogens with one attached hydrogen (secondary N) is 1. The van der Waals surface area contributed by atoms with Crippen molar-refractivity contribution in [3.8, 4) is 17.0 Å². The number of ketones is 1. The summed E-state index contributed by atoms with van der Waals surface area (Å²) in [5.74, 6) is 0.0770. The highest BCUT2D eigenvalue weighted by atomic mass is 16.5. The molecule has 0 aliphatic rings. The van der Waals surface area contributed by atoms with E-state index in [1.807, 2.05) is 0 Å². The zero-order chi connectivity index (χ0) is 20.1. The van der Waals surface area contributed by atoms with E-state index in [1.54, 1.807) is 55.6 Å². The molecule has 0 aliphatic carbocycles. The van der Waals surface area contributed by atoms with Gasteiger partial charge in [-0.1, -0.05) is 24.3 Å². The highest BCUT2D eigenvalue weighted by Crippen LogP contribution is 2.20. The van der Waals surface area contributed by atoms with Gasteiger partial charge in [0, 0.05) is 16.8 Å². The number of amides is 1. The number of nitrogens with zero attached hydrogens (tertiary/aromatic N) is 3. The van der Waals surface area contributed by atoms with Crippen LogP contribution in [0.25, 0.3) is 11.3 Å². The van der Waals surface area contributed by atoms with Crippen LogP contribution >= 0.6 is 0 Å². The van der Waals surface area contributed by atoms with Crippen LogP contribution in [0.3, 0.4) is 0 Å². The Morgan fingerprint density at radius 2 is 1.93 bits per heavy atom. The Kier molecular flexibility index (Phi) is 5.59. The van der Waals surface area contributed by atoms with E-state index in [4.69, 9.17) is 4.74 Å². The molecule has 8 nitrogen and oxygen atoms in total. The van der Waals surface area contributed by atoms with Crippen molar-refractivity contribution in [1.82, 2.24) is 14.8 Å². The minimum absolute atomic E-state index is 0.105. The van der Waals surface area contributed by atoms with Gasteiger partial charge in [-0.25, -0.2) is 9.48 Å². The van der Waals surface area contributed by atoms with E-state index in [0.717, 1.165) is 4.68 Å². The second kappa shape index (κ2) is 8.26. The van der Waals surface area contributed by atoms with Crippen molar-refractivity contribution in [3.63, 3.8) is 0 Å². The van der Waals surface area contributed by atoms with Gasteiger partial charge in [0.1, 0.15) is 12.3 Å². The Morgan fingerprint density at radius 3 is 2.64 bits per heavy atom. The second-order valence-corrected chi connectivity index (χ2v) is 6.00. The van der Waals surface area contributed by atoms with Crippen LogP contribution in [0.5, 0.6) is 5.75 Å². The first-order valence-electron chi connectivity index (χ1n) is 8.45. The molecule has 0 aliphatic heterocycles. The average molecular weight is 378 g/mol. The van der Waals surface area contributed by atoms with Gasteiger partial charge in [-0.15, -0.1) is 0 Å². The standard InChI is InChI=1S/C20H18N4O4/c1-13(25)14-5-3-7-16(9-14)22-19(26)12-24-20(27)23-18(11-21-24)15-6-4-8-17(10-15)28-2/h3-11H,12H2,1-2H3,(H,22,26). The molecule has 1 heterocycles. The van der Waals surface area contributed by atoms with Gasteiger partial charge < -0.3 is 10.1 Å². The smallest absolute Gasteiger partial charge is 0.365 e. The molecule has 0 saturated carbocycles. The first-order chi connectivity index (χ1) is 13.5. The van der Waals surface area contributed by atoms with Gasteiger partial charge in [0.25, 0.3) is 0 Å². The summed E-state index contributed by atoms with van der Waals surface area (Å²) in [5, 5.41) is 6.66. The molecule has 1 aromatic heterocycles. The lowest BCUT2D eigenvalue weighted by molar-refractivity contribution is -0.117. The van der Waals surface area contributed by atoms with Crippen LogP contribution in [-0.2, 0) is 11.3 Å².